The molecule has 0 heterocycles. The second-order valence-electron chi connectivity index (χ2n) is 11.4. The largest absolute Gasteiger partial charge is 0.495 e. The van der Waals surface area contributed by atoms with Crippen LogP contribution >= 0.6 is 23.4 Å². The van der Waals surface area contributed by atoms with Gasteiger partial charge in [0.2, 0.25) is 5.91 Å². The first-order valence-electron chi connectivity index (χ1n) is 15.7. The predicted molar refractivity (Wildman–Crippen MR) is 199 cm³/mol. The molecule has 0 fully saturated rings. The molecule has 0 aliphatic heterocycles. The number of hydrogen-bond acceptors (Lipinski definition) is 5. The van der Waals surface area contributed by atoms with Crippen LogP contribution in [0.15, 0.2) is 138 Å². The van der Waals surface area contributed by atoms with Crippen molar-refractivity contribution < 1.29 is 19.1 Å². The lowest BCUT2D eigenvalue weighted by Gasteiger charge is -2.18. The van der Waals surface area contributed by atoms with E-state index in [0.29, 0.717) is 33.6 Å². The molecule has 5 rings (SSSR count). The minimum atomic E-state index is -0.623. The number of benzene rings is 5. The summed E-state index contributed by atoms with van der Waals surface area (Å²) in [6, 6.07) is 38.3. The van der Waals surface area contributed by atoms with E-state index >= 15 is 0 Å². The molecule has 1 atom stereocenters. The highest BCUT2D eigenvalue weighted by Gasteiger charge is 2.23. The van der Waals surface area contributed by atoms with E-state index in [-0.39, 0.29) is 11.6 Å². The number of carbonyl (C=O) groups excluding carboxylic acids is 3. The van der Waals surface area contributed by atoms with Gasteiger partial charge in [-0.3, -0.25) is 14.4 Å². The lowest BCUT2D eigenvalue weighted by molar-refractivity contribution is -0.116. The van der Waals surface area contributed by atoms with E-state index in [1.165, 1.54) is 24.4 Å². The first-order chi connectivity index (χ1) is 23.7. The summed E-state index contributed by atoms with van der Waals surface area (Å²) in [6.07, 6.45) is 1.65. The van der Waals surface area contributed by atoms with Crippen LogP contribution in [0.2, 0.25) is 5.02 Å². The van der Waals surface area contributed by atoms with Gasteiger partial charge in [-0.25, -0.2) is 0 Å². The number of rotatable bonds is 12. The SMILES string of the molecule is COc1ccc(NC(=O)C(Sc2cccc(NC(=O)/C(=C\c3ccc(C(C)C)cc3)NC(=O)c3ccccc3)c2)c2ccccc2)cc1Cl. The Morgan fingerprint density at radius 3 is 2.06 bits per heavy atom. The normalized spacial score (nSPS) is 11.8. The summed E-state index contributed by atoms with van der Waals surface area (Å²) in [7, 11) is 1.53. The van der Waals surface area contributed by atoms with Crippen LogP contribution in [-0.4, -0.2) is 24.8 Å². The van der Waals surface area contributed by atoms with Crippen molar-refractivity contribution in [3.05, 3.63) is 160 Å². The van der Waals surface area contributed by atoms with Gasteiger partial charge in [0.25, 0.3) is 11.8 Å². The molecule has 7 nitrogen and oxygen atoms in total. The Balaban J connectivity index is 1.38. The Morgan fingerprint density at radius 2 is 1.41 bits per heavy atom. The summed E-state index contributed by atoms with van der Waals surface area (Å²) in [5.41, 5.74) is 4.29. The second-order valence-corrected chi connectivity index (χ2v) is 13.0. The summed E-state index contributed by atoms with van der Waals surface area (Å²) in [4.78, 5) is 41.2. The molecule has 5 aromatic rings. The third-order valence-corrected chi connectivity index (χ3v) is 9.09. The number of ether oxygens (including phenoxy) is 1. The van der Waals surface area contributed by atoms with Gasteiger partial charge in [0.15, 0.2) is 0 Å². The molecule has 0 aliphatic carbocycles. The van der Waals surface area contributed by atoms with Crippen LogP contribution in [0.1, 0.15) is 52.1 Å². The summed E-state index contributed by atoms with van der Waals surface area (Å²) in [6.45, 7) is 4.23. The Morgan fingerprint density at radius 1 is 0.735 bits per heavy atom. The van der Waals surface area contributed by atoms with Crippen LogP contribution in [0.4, 0.5) is 11.4 Å². The smallest absolute Gasteiger partial charge is 0.272 e. The van der Waals surface area contributed by atoms with Crippen molar-refractivity contribution in [1.29, 1.82) is 0 Å². The van der Waals surface area contributed by atoms with Crippen molar-refractivity contribution in [1.82, 2.24) is 5.32 Å². The average Bonchev–Trinajstić information content (AvgIpc) is 3.11. The fraction of sp³-hybridized carbons (Fsp3) is 0.125. The number of halogens is 1. The molecule has 0 saturated heterocycles. The Bertz CT molecular complexity index is 1950. The third kappa shape index (κ3) is 9.63. The van der Waals surface area contributed by atoms with Crippen LogP contribution < -0.4 is 20.7 Å². The molecular formula is C40H36ClN3O4S. The number of amides is 3. The van der Waals surface area contributed by atoms with Crippen LogP contribution in [0.5, 0.6) is 5.75 Å². The molecular weight excluding hydrogens is 654 g/mol. The zero-order valence-corrected chi connectivity index (χ0v) is 28.8. The summed E-state index contributed by atoms with van der Waals surface area (Å²) >= 11 is 7.64. The van der Waals surface area contributed by atoms with Gasteiger partial charge < -0.3 is 20.7 Å². The van der Waals surface area contributed by atoms with Crippen molar-refractivity contribution in [3.63, 3.8) is 0 Å². The maximum absolute atomic E-state index is 13.7. The second kappa shape index (κ2) is 16.7. The topological polar surface area (TPSA) is 96.5 Å². The predicted octanol–water partition coefficient (Wildman–Crippen LogP) is 9.35. The van der Waals surface area contributed by atoms with Gasteiger partial charge in [-0.05, 0) is 77.2 Å². The highest BCUT2D eigenvalue weighted by molar-refractivity contribution is 8.00. The lowest BCUT2D eigenvalue weighted by Crippen LogP contribution is -2.30. The van der Waals surface area contributed by atoms with Crippen molar-refractivity contribution in [2.24, 2.45) is 0 Å². The minimum absolute atomic E-state index is 0.0869. The third-order valence-electron chi connectivity index (χ3n) is 7.55. The number of thioether (sulfide) groups is 1. The zero-order valence-electron chi connectivity index (χ0n) is 27.3. The van der Waals surface area contributed by atoms with E-state index < -0.39 is 17.1 Å². The minimum Gasteiger partial charge on any atom is -0.495 e. The molecule has 0 radical (unpaired) electrons. The number of nitrogens with one attached hydrogen (secondary N) is 3. The van der Waals surface area contributed by atoms with Crippen molar-refractivity contribution in [2.75, 3.05) is 17.7 Å². The molecule has 5 aromatic carbocycles. The van der Waals surface area contributed by atoms with Crippen molar-refractivity contribution in [3.8, 4) is 5.75 Å². The van der Waals surface area contributed by atoms with Gasteiger partial charge >= 0.3 is 0 Å². The molecule has 0 saturated carbocycles. The van der Waals surface area contributed by atoms with Crippen LogP contribution in [0, 0.1) is 0 Å². The van der Waals surface area contributed by atoms with Crippen molar-refractivity contribution >= 4 is 58.5 Å². The molecule has 0 aromatic heterocycles. The molecule has 9 heteroatoms. The van der Waals surface area contributed by atoms with Gasteiger partial charge in [0.05, 0.1) is 12.1 Å². The van der Waals surface area contributed by atoms with Gasteiger partial charge in [-0.1, -0.05) is 104 Å². The molecule has 0 spiro atoms. The van der Waals surface area contributed by atoms with Gasteiger partial charge in [-0.15, -0.1) is 11.8 Å². The van der Waals surface area contributed by atoms with Crippen LogP contribution in [0.25, 0.3) is 6.08 Å². The zero-order chi connectivity index (χ0) is 34.8. The molecule has 248 valence electrons. The highest BCUT2D eigenvalue weighted by atomic mass is 35.5. The average molecular weight is 690 g/mol. The number of methoxy groups -OCH3 is 1. The maximum Gasteiger partial charge on any atom is 0.272 e. The van der Waals surface area contributed by atoms with Gasteiger partial charge in [0, 0.05) is 21.8 Å². The van der Waals surface area contributed by atoms with E-state index in [1.807, 2.05) is 66.7 Å². The number of carbonyl (C=O) groups is 3. The Labute approximate surface area is 295 Å². The molecule has 3 N–H and O–H groups in total. The molecule has 0 aliphatic rings. The first-order valence-corrected chi connectivity index (χ1v) is 16.9. The Hall–Kier alpha value is -5.31. The number of hydrogen-bond donors (Lipinski definition) is 3. The van der Waals surface area contributed by atoms with Crippen LogP contribution in [0.3, 0.4) is 0 Å². The summed E-state index contributed by atoms with van der Waals surface area (Å²) in [5.74, 6) is -0.274. The Kier molecular flexibility index (Phi) is 11.9. The van der Waals surface area contributed by atoms with E-state index in [0.717, 1.165) is 16.0 Å². The lowest BCUT2D eigenvalue weighted by atomic mass is 10.0. The maximum atomic E-state index is 13.7. The molecule has 49 heavy (non-hydrogen) atoms. The van der Waals surface area contributed by atoms with Gasteiger partial charge in [-0.2, -0.15) is 0 Å². The van der Waals surface area contributed by atoms with Crippen molar-refractivity contribution in [2.45, 2.75) is 29.9 Å². The molecule has 3 amide bonds. The van der Waals surface area contributed by atoms with E-state index in [1.54, 1.807) is 66.7 Å². The van der Waals surface area contributed by atoms with E-state index in [2.05, 4.69) is 29.8 Å². The first kappa shape index (κ1) is 35.0. The monoisotopic (exact) mass is 689 g/mol. The fourth-order valence-electron chi connectivity index (χ4n) is 4.92. The van der Waals surface area contributed by atoms with Crippen LogP contribution in [-0.2, 0) is 9.59 Å². The fourth-order valence-corrected chi connectivity index (χ4v) is 6.26. The molecule has 0 bridgehead atoms. The highest BCUT2D eigenvalue weighted by Crippen LogP contribution is 2.38. The molecule has 1 unspecified atom stereocenters. The van der Waals surface area contributed by atoms with E-state index in [9.17, 15) is 14.4 Å². The van der Waals surface area contributed by atoms with Gasteiger partial charge in [0.1, 0.15) is 16.7 Å². The summed E-state index contributed by atoms with van der Waals surface area (Å²) in [5, 5.41) is 8.44. The summed E-state index contributed by atoms with van der Waals surface area (Å²) < 4.78 is 5.23. The van der Waals surface area contributed by atoms with E-state index in [4.69, 9.17) is 16.3 Å². The number of anilines is 2. The standard InChI is InChI=1S/C40H36ClN3O4S/c1-26(2)28-19-17-27(18-20-28)23-35(44-38(45)30-13-8-5-9-14-30)39(46)42-31-15-10-16-33(24-31)49-37(29-11-6-4-7-12-29)40(47)43-32-21-22-36(48-3)34(41)25-32/h4-26,37H,1-3H3,(H,42,46)(H,43,47)(H,44,45)/b35-23+. The quantitative estimate of drug-likeness (QED) is 0.0896.